The number of fused-ring (bicyclic) bond motifs is 1. The number of carbonyl (C=O) groups excluding carboxylic acids is 1. The van der Waals surface area contributed by atoms with Crippen molar-refractivity contribution >= 4 is 45.9 Å². The summed E-state index contributed by atoms with van der Waals surface area (Å²) in [5.74, 6) is 0.777. The molecular formula is C25H22ClN3O4S. The number of aryl methyl sites for hydroxylation is 1. The summed E-state index contributed by atoms with van der Waals surface area (Å²) in [6.45, 7) is 1.92. The van der Waals surface area contributed by atoms with Gasteiger partial charge in [0.15, 0.2) is 16.7 Å². The molecule has 1 N–H and O–H groups in total. The summed E-state index contributed by atoms with van der Waals surface area (Å²) in [6.07, 6.45) is 0. The van der Waals surface area contributed by atoms with Gasteiger partial charge < -0.3 is 14.8 Å². The highest BCUT2D eigenvalue weighted by atomic mass is 35.5. The number of halogens is 1. The van der Waals surface area contributed by atoms with Gasteiger partial charge in [-0.25, -0.2) is 4.98 Å². The summed E-state index contributed by atoms with van der Waals surface area (Å²) < 4.78 is 12.2. The van der Waals surface area contributed by atoms with Crippen LogP contribution in [-0.4, -0.2) is 35.4 Å². The van der Waals surface area contributed by atoms with Crippen LogP contribution < -0.4 is 20.3 Å². The van der Waals surface area contributed by atoms with Crippen molar-refractivity contribution in [1.82, 2.24) is 9.55 Å². The normalized spacial score (nSPS) is 10.8. The number of ether oxygens (including phenoxy) is 2. The fraction of sp³-hybridized carbons (Fsp3) is 0.160. The monoisotopic (exact) mass is 495 g/mol. The first-order valence-corrected chi connectivity index (χ1v) is 11.7. The van der Waals surface area contributed by atoms with Crippen molar-refractivity contribution < 1.29 is 14.3 Å². The minimum Gasteiger partial charge on any atom is -0.493 e. The number of thioether (sulfide) groups is 1. The molecule has 7 nitrogen and oxygen atoms in total. The van der Waals surface area contributed by atoms with E-state index in [9.17, 15) is 9.59 Å². The van der Waals surface area contributed by atoms with Crippen molar-refractivity contribution in [2.45, 2.75) is 12.1 Å². The summed E-state index contributed by atoms with van der Waals surface area (Å²) in [6, 6.07) is 17.7. The van der Waals surface area contributed by atoms with Gasteiger partial charge in [0.05, 0.1) is 47.3 Å². The Morgan fingerprint density at radius 1 is 1.06 bits per heavy atom. The molecule has 0 fully saturated rings. The second kappa shape index (κ2) is 10.2. The smallest absolute Gasteiger partial charge is 0.266 e. The second-order valence-corrected chi connectivity index (χ2v) is 8.76. The second-order valence-electron chi connectivity index (χ2n) is 7.41. The zero-order valence-electron chi connectivity index (χ0n) is 18.8. The molecule has 1 aromatic heterocycles. The van der Waals surface area contributed by atoms with E-state index in [0.717, 1.165) is 17.3 Å². The molecule has 34 heavy (non-hydrogen) atoms. The number of hydrogen-bond acceptors (Lipinski definition) is 6. The van der Waals surface area contributed by atoms with E-state index in [2.05, 4.69) is 10.3 Å². The lowest BCUT2D eigenvalue weighted by Crippen LogP contribution is -2.23. The number of nitrogens with zero attached hydrogens (tertiary/aromatic N) is 2. The minimum atomic E-state index is -0.267. The number of nitrogens with one attached hydrogen (secondary N) is 1. The summed E-state index contributed by atoms with van der Waals surface area (Å²) in [7, 11) is 3.07. The van der Waals surface area contributed by atoms with Crippen molar-refractivity contribution in [3.63, 3.8) is 0 Å². The molecule has 0 saturated carbocycles. The number of amides is 1. The number of carbonyl (C=O) groups is 1. The van der Waals surface area contributed by atoms with Gasteiger partial charge in [0.1, 0.15) is 0 Å². The van der Waals surface area contributed by atoms with Crippen LogP contribution in [0.15, 0.2) is 70.6 Å². The Morgan fingerprint density at radius 3 is 2.56 bits per heavy atom. The third kappa shape index (κ3) is 4.88. The van der Waals surface area contributed by atoms with Crippen molar-refractivity contribution in [1.29, 1.82) is 0 Å². The Balaban J connectivity index is 1.70. The van der Waals surface area contributed by atoms with E-state index < -0.39 is 0 Å². The van der Waals surface area contributed by atoms with Gasteiger partial charge in [-0.05, 0) is 48.9 Å². The van der Waals surface area contributed by atoms with Gasteiger partial charge in [-0.1, -0.05) is 41.6 Å². The Bertz CT molecular complexity index is 1440. The third-order valence-electron chi connectivity index (χ3n) is 5.10. The van der Waals surface area contributed by atoms with Gasteiger partial charge in [0.25, 0.3) is 5.56 Å². The Hall–Kier alpha value is -3.49. The molecule has 0 aliphatic heterocycles. The zero-order valence-corrected chi connectivity index (χ0v) is 20.4. The number of hydrogen-bond donors (Lipinski definition) is 1. The fourth-order valence-corrected chi connectivity index (χ4v) is 4.53. The molecule has 0 bridgehead atoms. The first kappa shape index (κ1) is 23.7. The first-order chi connectivity index (χ1) is 16.4. The average Bonchev–Trinajstić information content (AvgIpc) is 2.84. The minimum absolute atomic E-state index is 0.0300. The quantitative estimate of drug-likeness (QED) is 0.284. The van der Waals surface area contributed by atoms with Crippen LogP contribution in [0.1, 0.15) is 5.56 Å². The molecule has 9 heteroatoms. The Kier molecular flexibility index (Phi) is 7.09. The molecule has 0 aliphatic carbocycles. The predicted molar refractivity (Wildman–Crippen MR) is 136 cm³/mol. The number of benzene rings is 3. The van der Waals surface area contributed by atoms with Crippen molar-refractivity contribution in [3.05, 3.63) is 81.6 Å². The van der Waals surface area contributed by atoms with Gasteiger partial charge in [-0.3, -0.25) is 14.2 Å². The van der Waals surface area contributed by atoms with E-state index in [4.69, 9.17) is 21.1 Å². The molecular weight excluding hydrogens is 474 g/mol. The lowest BCUT2D eigenvalue weighted by atomic mass is 10.2. The van der Waals surface area contributed by atoms with E-state index in [1.165, 1.54) is 11.7 Å². The number of rotatable bonds is 7. The zero-order chi connectivity index (χ0) is 24.2. The molecule has 3 aromatic carbocycles. The van der Waals surface area contributed by atoms with E-state index in [1.807, 2.05) is 19.1 Å². The predicted octanol–water partition coefficient (Wildman–Crippen LogP) is 5.10. The molecule has 1 heterocycles. The maximum Gasteiger partial charge on any atom is 0.266 e. The van der Waals surface area contributed by atoms with E-state index in [0.29, 0.717) is 44.0 Å². The molecule has 0 saturated heterocycles. The summed E-state index contributed by atoms with van der Waals surface area (Å²) in [5, 5.41) is 4.12. The van der Waals surface area contributed by atoms with Gasteiger partial charge in [0, 0.05) is 6.07 Å². The fourth-order valence-electron chi connectivity index (χ4n) is 3.44. The standard InChI is InChI=1S/C25H22ClN3O4S/c1-15-8-10-20(18(26)12-15)27-23(30)14-34-25-28-19-7-5-4-6-17(19)24(31)29(25)16-9-11-21(32-2)22(13-16)33-3/h4-13H,14H2,1-3H3,(H,27,30). The SMILES string of the molecule is COc1ccc(-n2c(SCC(=O)Nc3ccc(C)cc3Cl)nc3ccccc3c2=O)cc1OC. The highest BCUT2D eigenvalue weighted by Gasteiger charge is 2.17. The van der Waals surface area contributed by atoms with Crippen LogP contribution in [-0.2, 0) is 4.79 Å². The van der Waals surface area contributed by atoms with Gasteiger partial charge in [-0.2, -0.15) is 0 Å². The van der Waals surface area contributed by atoms with Crippen molar-refractivity contribution in [3.8, 4) is 17.2 Å². The Morgan fingerprint density at radius 2 is 1.82 bits per heavy atom. The molecule has 174 valence electrons. The molecule has 0 spiro atoms. The maximum atomic E-state index is 13.4. The molecule has 4 aromatic rings. The number of para-hydroxylation sites is 1. The highest BCUT2D eigenvalue weighted by molar-refractivity contribution is 7.99. The molecule has 0 radical (unpaired) electrons. The van der Waals surface area contributed by atoms with E-state index in [-0.39, 0.29) is 17.2 Å². The topological polar surface area (TPSA) is 82.5 Å². The lowest BCUT2D eigenvalue weighted by Gasteiger charge is -2.15. The third-order valence-corrected chi connectivity index (χ3v) is 6.35. The maximum absolute atomic E-state index is 13.4. The molecule has 0 unspecified atom stereocenters. The van der Waals surface area contributed by atoms with Crippen LogP contribution in [0.3, 0.4) is 0 Å². The van der Waals surface area contributed by atoms with E-state index >= 15 is 0 Å². The van der Waals surface area contributed by atoms with E-state index in [1.54, 1.807) is 55.6 Å². The van der Waals surface area contributed by atoms with Crippen LogP contribution in [0.2, 0.25) is 5.02 Å². The van der Waals surface area contributed by atoms with Crippen LogP contribution in [0.4, 0.5) is 5.69 Å². The van der Waals surface area contributed by atoms with Crippen LogP contribution in [0.5, 0.6) is 11.5 Å². The van der Waals surface area contributed by atoms with Gasteiger partial charge >= 0.3 is 0 Å². The van der Waals surface area contributed by atoms with Gasteiger partial charge in [-0.15, -0.1) is 0 Å². The largest absolute Gasteiger partial charge is 0.493 e. The first-order valence-electron chi connectivity index (χ1n) is 10.3. The van der Waals surface area contributed by atoms with Crippen LogP contribution in [0.25, 0.3) is 16.6 Å². The van der Waals surface area contributed by atoms with Gasteiger partial charge in [0.2, 0.25) is 5.91 Å². The highest BCUT2D eigenvalue weighted by Crippen LogP contribution is 2.31. The number of aromatic nitrogens is 2. The lowest BCUT2D eigenvalue weighted by molar-refractivity contribution is -0.113. The average molecular weight is 496 g/mol. The number of methoxy groups -OCH3 is 2. The summed E-state index contributed by atoms with van der Waals surface area (Å²) in [5.41, 5.74) is 2.37. The molecule has 0 aliphatic rings. The molecule has 0 atom stereocenters. The number of anilines is 1. The molecule has 1 amide bonds. The summed E-state index contributed by atoms with van der Waals surface area (Å²) >= 11 is 7.39. The van der Waals surface area contributed by atoms with Crippen molar-refractivity contribution in [2.24, 2.45) is 0 Å². The Labute approximate surface area is 205 Å². The van der Waals surface area contributed by atoms with Crippen LogP contribution >= 0.6 is 23.4 Å². The summed E-state index contributed by atoms with van der Waals surface area (Å²) in [4.78, 5) is 30.8. The van der Waals surface area contributed by atoms with Crippen molar-refractivity contribution in [2.75, 3.05) is 25.3 Å². The van der Waals surface area contributed by atoms with Crippen LogP contribution in [0, 0.1) is 6.92 Å². The molecule has 4 rings (SSSR count).